The van der Waals surface area contributed by atoms with E-state index < -0.39 is 0 Å². The largest absolute Gasteiger partial charge is 0.497 e. The van der Waals surface area contributed by atoms with Gasteiger partial charge in [0, 0.05) is 22.4 Å². The highest BCUT2D eigenvalue weighted by Gasteiger charge is 2.07. The molecule has 0 saturated carbocycles. The molecule has 0 saturated heterocycles. The Morgan fingerprint density at radius 1 is 1.21 bits per heavy atom. The summed E-state index contributed by atoms with van der Waals surface area (Å²) in [6.45, 7) is 0. The topological polar surface area (TPSA) is 57.4 Å². The Hall–Kier alpha value is -1.88. The minimum atomic E-state index is 0.689. The molecule has 0 unspecified atom stereocenters. The lowest BCUT2D eigenvalue weighted by molar-refractivity contribution is 0.400. The van der Waals surface area contributed by atoms with E-state index in [1.54, 1.807) is 38.4 Å². The number of ether oxygens (including phenoxy) is 2. The Morgan fingerprint density at radius 2 is 2.05 bits per heavy atom. The van der Waals surface area contributed by atoms with E-state index in [0.29, 0.717) is 5.69 Å². The summed E-state index contributed by atoms with van der Waals surface area (Å²) < 4.78 is 10.6. The van der Waals surface area contributed by atoms with Crippen molar-refractivity contribution in [1.82, 2.24) is 4.98 Å². The van der Waals surface area contributed by atoms with Crippen molar-refractivity contribution in [1.29, 1.82) is 0 Å². The average Bonchev–Trinajstić information content (AvgIpc) is 2.46. The lowest BCUT2D eigenvalue weighted by atomic mass is 10.2. The summed E-state index contributed by atoms with van der Waals surface area (Å²) in [6, 6.07) is 7.67. The van der Waals surface area contributed by atoms with Crippen LogP contribution in [0.1, 0.15) is 5.56 Å². The Balaban J connectivity index is 2.16. The molecule has 0 amide bonds. The van der Waals surface area contributed by atoms with E-state index in [1.807, 2.05) is 24.3 Å². The summed E-state index contributed by atoms with van der Waals surface area (Å²) in [5.74, 6) is 2.43. The van der Waals surface area contributed by atoms with Crippen LogP contribution in [0.25, 0.3) is 0 Å². The van der Waals surface area contributed by atoms with Crippen molar-refractivity contribution < 1.29 is 9.47 Å². The molecule has 0 radical (unpaired) electrons. The van der Waals surface area contributed by atoms with Crippen molar-refractivity contribution in [2.24, 2.45) is 0 Å². The molecule has 2 aromatic rings. The van der Waals surface area contributed by atoms with Gasteiger partial charge >= 0.3 is 0 Å². The molecule has 5 heteroatoms. The quantitative estimate of drug-likeness (QED) is 0.851. The molecule has 2 rings (SSSR count). The zero-order valence-corrected chi connectivity index (χ0v) is 11.7. The van der Waals surface area contributed by atoms with Crippen LogP contribution in [0.3, 0.4) is 0 Å². The molecule has 0 atom stereocenters. The van der Waals surface area contributed by atoms with Gasteiger partial charge in [-0.1, -0.05) is 0 Å². The van der Waals surface area contributed by atoms with Crippen LogP contribution in [-0.4, -0.2) is 19.2 Å². The monoisotopic (exact) mass is 276 g/mol. The molecule has 0 aliphatic rings. The minimum Gasteiger partial charge on any atom is -0.497 e. The number of anilines is 1. The number of benzene rings is 1. The van der Waals surface area contributed by atoms with Crippen molar-refractivity contribution in [3.05, 3.63) is 42.2 Å². The van der Waals surface area contributed by atoms with Crippen LogP contribution >= 0.6 is 11.8 Å². The van der Waals surface area contributed by atoms with Gasteiger partial charge < -0.3 is 15.2 Å². The zero-order valence-electron chi connectivity index (χ0n) is 10.9. The molecular weight excluding hydrogens is 260 g/mol. The second-order valence-corrected chi connectivity index (χ2v) is 4.90. The maximum atomic E-state index is 5.87. The van der Waals surface area contributed by atoms with Gasteiger partial charge in [-0.05, 0) is 24.3 Å². The number of nitrogens with zero attached hydrogens (tertiary/aromatic N) is 1. The van der Waals surface area contributed by atoms with E-state index in [-0.39, 0.29) is 0 Å². The molecule has 0 spiro atoms. The van der Waals surface area contributed by atoms with Crippen molar-refractivity contribution in [2.75, 3.05) is 20.0 Å². The van der Waals surface area contributed by atoms with Crippen LogP contribution in [0.2, 0.25) is 0 Å². The van der Waals surface area contributed by atoms with Crippen LogP contribution in [0.4, 0.5) is 5.69 Å². The lowest BCUT2D eigenvalue weighted by Crippen LogP contribution is -1.94. The Labute approximate surface area is 116 Å². The van der Waals surface area contributed by atoms with Gasteiger partial charge in [0.1, 0.15) is 11.5 Å². The van der Waals surface area contributed by atoms with E-state index in [0.717, 1.165) is 27.7 Å². The Kier molecular flexibility index (Phi) is 4.52. The van der Waals surface area contributed by atoms with Gasteiger partial charge in [-0.15, -0.1) is 11.8 Å². The molecule has 4 nitrogen and oxygen atoms in total. The fourth-order valence-electron chi connectivity index (χ4n) is 1.68. The summed E-state index contributed by atoms with van der Waals surface area (Å²) in [5, 5.41) is 0. The van der Waals surface area contributed by atoms with Gasteiger partial charge in [0.25, 0.3) is 0 Å². The first-order chi connectivity index (χ1) is 9.24. The average molecular weight is 276 g/mol. The molecular formula is C14H16N2O2S. The third kappa shape index (κ3) is 3.32. The van der Waals surface area contributed by atoms with Crippen molar-refractivity contribution in [3.8, 4) is 11.5 Å². The van der Waals surface area contributed by atoms with E-state index in [2.05, 4.69) is 4.98 Å². The van der Waals surface area contributed by atoms with Gasteiger partial charge in [0.2, 0.25) is 0 Å². The van der Waals surface area contributed by atoms with Crippen LogP contribution in [-0.2, 0) is 5.75 Å². The second kappa shape index (κ2) is 6.33. The number of aromatic nitrogens is 1. The minimum absolute atomic E-state index is 0.689. The summed E-state index contributed by atoms with van der Waals surface area (Å²) in [5.41, 5.74) is 7.63. The standard InChI is InChI=1S/C14H16N2O2S/c1-17-11-3-4-13(18-2)10(7-11)9-19-14-5-6-16-8-12(14)15/h3-8H,9,15H2,1-2H3. The maximum Gasteiger partial charge on any atom is 0.123 e. The molecule has 19 heavy (non-hydrogen) atoms. The van der Waals surface area contributed by atoms with Crippen molar-refractivity contribution in [3.63, 3.8) is 0 Å². The number of hydrogen-bond donors (Lipinski definition) is 1. The van der Waals surface area contributed by atoms with Crippen LogP contribution in [0.5, 0.6) is 11.5 Å². The number of hydrogen-bond acceptors (Lipinski definition) is 5. The Bertz CT molecular complexity index is 561. The van der Waals surface area contributed by atoms with Crippen LogP contribution in [0, 0.1) is 0 Å². The first-order valence-corrected chi connectivity index (χ1v) is 6.76. The predicted octanol–water partition coefficient (Wildman–Crippen LogP) is 2.97. The summed E-state index contributed by atoms with van der Waals surface area (Å²) in [6.07, 6.45) is 3.40. The molecule has 0 aliphatic heterocycles. The molecule has 1 heterocycles. The number of rotatable bonds is 5. The smallest absolute Gasteiger partial charge is 0.123 e. The SMILES string of the molecule is COc1ccc(OC)c(CSc2ccncc2N)c1. The number of nitrogen functional groups attached to an aromatic ring is 1. The van der Waals surface area contributed by atoms with Crippen LogP contribution < -0.4 is 15.2 Å². The molecule has 100 valence electrons. The van der Waals surface area contributed by atoms with Gasteiger partial charge in [-0.3, -0.25) is 4.98 Å². The highest BCUT2D eigenvalue weighted by molar-refractivity contribution is 7.98. The molecule has 2 N–H and O–H groups in total. The summed E-state index contributed by atoms with van der Waals surface area (Å²) in [4.78, 5) is 4.99. The molecule has 0 aliphatic carbocycles. The van der Waals surface area contributed by atoms with E-state index >= 15 is 0 Å². The summed E-state index contributed by atoms with van der Waals surface area (Å²) in [7, 11) is 3.32. The van der Waals surface area contributed by atoms with Crippen molar-refractivity contribution in [2.45, 2.75) is 10.6 Å². The Morgan fingerprint density at radius 3 is 2.74 bits per heavy atom. The maximum absolute atomic E-state index is 5.87. The van der Waals surface area contributed by atoms with Crippen molar-refractivity contribution >= 4 is 17.4 Å². The van der Waals surface area contributed by atoms with Gasteiger partial charge in [0.15, 0.2) is 0 Å². The molecule has 1 aromatic heterocycles. The van der Waals surface area contributed by atoms with Gasteiger partial charge in [0.05, 0.1) is 26.1 Å². The highest BCUT2D eigenvalue weighted by atomic mass is 32.2. The summed E-state index contributed by atoms with van der Waals surface area (Å²) >= 11 is 1.65. The first kappa shape index (κ1) is 13.5. The number of thioether (sulfide) groups is 1. The number of nitrogens with two attached hydrogens (primary N) is 1. The third-order valence-electron chi connectivity index (χ3n) is 2.68. The van der Waals surface area contributed by atoms with E-state index in [4.69, 9.17) is 15.2 Å². The first-order valence-electron chi connectivity index (χ1n) is 5.77. The fourth-order valence-corrected chi connectivity index (χ4v) is 2.59. The normalized spacial score (nSPS) is 10.2. The molecule has 0 bridgehead atoms. The fraction of sp³-hybridized carbons (Fsp3) is 0.214. The van der Waals surface area contributed by atoms with Gasteiger partial charge in [-0.25, -0.2) is 0 Å². The number of pyridine rings is 1. The zero-order chi connectivity index (χ0) is 13.7. The van der Waals surface area contributed by atoms with Gasteiger partial charge in [-0.2, -0.15) is 0 Å². The molecule has 1 aromatic carbocycles. The van der Waals surface area contributed by atoms with E-state index in [9.17, 15) is 0 Å². The molecule has 0 fully saturated rings. The highest BCUT2D eigenvalue weighted by Crippen LogP contribution is 2.32. The number of methoxy groups -OCH3 is 2. The van der Waals surface area contributed by atoms with Crippen LogP contribution in [0.15, 0.2) is 41.6 Å². The predicted molar refractivity (Wildman–Crippen MR) is 77.8 cm³/mol. The lowest BCUT2D eigenvalue weighted by Gasteiger charge is -2.10. The second-order valence-electron chi connectivity index (χ2n) is 3.88. The third-order valence-corrected chi connectivity index (χ3v) is 3.82. The van der Waals surface area contributed by atoms with E-state index in [1.165, 1.54) is 0 Å².